The van der Waals surface area contributed by atoms with Crippen LogP contribution in [0.3, 0.4) is 0 Å². The van der Waals surface area contributed by atoms with Crippen LogP contribution < -0.4 is 14.5 Å². The van der Waals surface area contributed by atoms with Crippen molar-refractivity contribution in [3.63, 3.8) is 0 Å². The Bertz CT molecular complexity index is 1660. The molecule has 12 heteroatoms. The van der Waals surface area contributed by atoms with Crippen molar-refractivity contribution in [3.8, 4) is 6.01 Å². The molecule has 0 aliphatic carbocycles. The number of anilines is 2. The van der Waals surface area contributed by atoms with Crippen LogP contribution in [0.15, 0.2) is 48.8 Å². The maximum absolute atomic E-state index is 13.9. The molecule has 10 nitrogen and oxygen atoms in total. The molecule has 3 aliphatic rings. The monoisotopic (exact) mass is 647 g/mol. The van der Waals surface area contributed by atoms with Gasteiger partial charge in [0.25, 0.3) is 5.91 Å². The van der Waals surface area contributed by atoms with E-state index >= 15 is 0 Å². The van der Waals surface area contributed by atoms with Crippen molar-refractivity contribution in [2.45, 2.75) is 45.0 Å². The summed E-state index contributed by atoms with van der Waals surface area (Å²) in [5, 5.41) is 2.77. The third-order valence-electron chi connectivity index (χ3n) is 9.07. The van der Waals surface area contributed by atoms with Crippen molar-refractivity contribution in [1.29, 1.82) is 0 Å². The van der Waals surface area contributed by atoms with Crippen LogP contribution in [-0.2, 0) is 22.5 Å². The van der Waals surface area contributed by atoms with Crippen LogP contribution >= 0.6 is 11.6 Å². The van der Waals surface area contributed by atoms with Gasteiger partial charge in [0.1, 0.15) is 24.6 Å². The number of ether oxygens (including phenoxy) is 2. The van der Waals surface area contributed by atoms with E-state index in [1.165, 1.54) is 4.90 Å². The van der Waals surface area contributed by atoms with E-state index in [2.05, 4.69) is 58.2 Å². The summed E-state index contributed by atoms with van der Waals surface area (Å²) in [4.78, 5) is 34.1. The summed E-state index contributed by atoms with van der Waals surface area (Å²) in [6.45, 7) is 19.9. The standard InChI is InChI=1S/C34H39ClFN7O3/c1-22(2)40-15-16-45-26(19-40)21-46-34-38-29-20-41(30-10-6-8-24-7-5-9-28(35)31(24)30)12-11-27(29)32(39-34)42-13-14-43(33(44)23(3)36)25(18-42)17-37-4/h5-10,22,25-26H,3,11-21H2,1-2H3/t25-,26?/m0/s1. The second kappa shape index (κ2) is 13.8. The molecule has 2 fully saturated rings. The normalized spacial score (nSPS) is 20.5. The van der Waals surface area contributed by atoms with E-state index in [0.717, 1.165) is 53.2 Å². The molecule has 242 valence electrons. The van der Waals surface area contributed by atoms with E-state index < -0.39 is 17.8 Å². The number of benzene rings is 2. The predicted octanol–water partition coefficient (Wildman–Crippen LogP) is 4.75. The molecular formula is C34H39ClFN7O3. The average Bonchev–Trinajstić information content (AvgIpc) is 3.06. The van der Waals surface area contributed by atoms with Gasteiger partial charge < -0.3 is 29.0 Å². The first-order valence-electron chi connectivity index (χ1n) is 15.8. The molecule has 3 aliphatic heterocycles. The Kier molecular flexibility index (Phi) is 9.59. The maximum Gasteiger partial charge on any atom is 0.318 e. The fraction of sp³-hybridized carbons (Fsp3) is 0.471. The molecule has 1 unspecified atom stereocenters. The molecular weight excluding hydrogens is 609 g/mol. The molecule has 0 bridgehead atoms. The lowest BCUT2D eigenvalue weighted by molar-refractivity contribution is -0.131. The molecule has 1 aromatic heterocycles. The molecule has 2 saturated heterocycles. The highest BCUT2D eigenvalue weighted by Crippen LogP contribution is 2.37. The highest BCUT2D eigenvalue weighted by molar-refractivity contribution is 6.36. The second-order valence-electron chi connectivity index (χ2n) is 12.3. The summed E-state index contributed by atoms with van der Waals surface area (Å²) < 4.78 is 26.1. The van der Waals surface area contributed by atoms with E-state index in [9.17, 15) is 9.18 Å². The Hall–Kier alpha value is -3.98. The zero-order chi connectivity index (χ0) is 32.4. The zero-order valence-corrected chi connectivity index (χ0v) is 27.0. The van der Waals surface area contributed by atoms with Crippen LogP contribution in [0.2, 0.25) is 5.02 Å². The summed E-state index contributed by atoms with van der Waals surface area (Å²) >= 11 is 6.70. The second-order valence-corrected chi connectivity index (χ2v) is 12.7. The van der Waals surface area contributed by atoms with Gasteiger partial charge in [0, 0.05) is 61.9 Å². The first kappa shape index (κ1) is 32.0. The van der Waals surface area contributed by atoms with Gasteiger partial charge in [-0.05, 0) is 37.8 Å². The smallest absolute Gasteiger partial charge is 0.318 e. The molecule has 6 rings (SSSR count). The lowest BCUT2D eigenvalue weighted by atomic mass is 10.0. The van der Waals surface area contributed by atoms with Crippen molar-refractivity contribution in [2.75, 3.05) is 68.8 Å². The number of aromatic nitrogens is 2. The van der Waals surface area contributed by atoms with Gasteiger partial charge in [0.2, 0.25) is 6.54 Å². The minimum atomic E-state index is -1.02. The Morgan fingerprint density at radius 2 is 1.96 bits per heavy atom. The van der Waals surface area contributed by atoms with Gasteiger partial charge in [-0.2, -0.15) is 9.97 Å². The number of amides is 1. The van der Waals surface area contributed by atoms with Crippen molar-refractivity contribution in [3.05, 3.63) is 76.5 Å². The Balaban J connectivity index is 1.32. The van der Waals surface area contributed by atoms with Crippen LogP contribution in [0.4, 0.5) is 15.9 Å². The minimum Gasteiger partial charge on any atom is -0.461 e. The van der Waals surface area contributed by atoms with Gasteiger partial charge in [-0.15, -0.1) is 0 Å². The first-order valence-corrected chi connectivity index (χ1v) is 16.1. The molecule has 0 saturated carbocycles. The molecule has 2 atom stereocenters. The summed E-state index contributed by atoms with van der Waals surface area (Å²) in [5.41, 5.74) is 2.89. The van der Waals surface area contributed by atoms with Crippen molar-refractivity contribution in [1.82, 2.24) is 19.8 Å². The van der Waals surface area contributed by atoms with Gasteiger partial charge in [0.15, 0.2) is 5.83 Å². The van der Waals surface area contributed by atoms with Gasteiger partial charge in [-0.1, -0.05) is 42.4 Å². The molecule has 0 N–H and O–H groups in total. The number of piperazine rings is 1. The number of carbonyl (C=O) groups excluding carboxylic acids is 1. The third-order valence-corrected chi connectivity index (χ3v) is 9.39. The van der Waals surface area contributed by atoms with Crippen molar-refractivity contribution in [2.24, 2.45) is 0 Å². The first-order chi connectivity index (χ1) is 22.2. The highest BCUT2D eigenvalue weighted by Gasteiger charge is 2.36. The number of fused-ring (bicyclic) bond motifs is 2. The van der Waals surface area contributed by atoms with Gasteiger partial charge in [-0.3, -0.25) is 9.69 Å². The number of morpholine rings is 1. The van der Waals surface area contributed by atoms with Gasteiger partial charge >= 0.3 is 6.01 Å². The SMILES string of the molecule is [C-]#[N+]C[C@H]1CN(c2nc(OCC3CN(C(C)C)CCO3)nc3c2CCN(c2cccc4cccc(Cl)c24)C3)CCN1C(=O)C(=C)F. The maximum atomic E-state index is 13.9. The van der Waals surface area contributed by atoms with Crippen molar-refractivity contribution < 1.29 is 18.7 Å². The number of hydrogen-bond donors (Lipinski definition) is 0. The summed E-state index contributed by atoms with van der Waals surface area (Å²) in [5.74, 6) is -1.06. The molecule has 2 aromatic carbocycles. The number of carbonyl (C=O) groups is 1. The topological polar surface area (TPSA) is 78.6 Å². The number of hydrogen-bond acceptors (Lipinski definition) is 8. The van der Waals surface area contributed by atoms with E-state index in [1.54, 1.807) is 0 Å². The molecule has 1 amide bonds. The minimum absolute atomic E-state index is 0.0487. The van der Waals surface area contributed by atoms with E-state index in [1.807, 2.05) is 18.2 Å². The molecule has 4 heterocycles. The number of halogens is 2. The molecule has 3 aromatic rings. The quantitative estimate of drug-likeness (QED) is 0.256. The predicted molar refractivity (Wildman–Crippen MR) is 177 cm³/mol. The van der Waals surface area contributed by atoms with Crippen LogP contribution in [0.1, 0.15) is 25.1 Å². The lowest BCUT2D eigenvalue weighted by Crippen LogP contribution is -2.57. The highest BCUT2D eigenvalue weighted by atomic mass is 35.5. The van der Waals surface area contributed by atoms with E-state index in [4.69, 9.17) is 37.6 Å². The summed E-state index contributed by atoms with van der Waals surface area (Å²) in [6, 6.07) is 12.3. The third kappa shape index (κ3) is 6.61. The number of nitrogens with zero attached hydrogens (tertiary/aromatic N) is 7. The Labute approximate surface area is 274 Å². The average molecular weight is 648 g/mol. The van der Waals surface area contributed by atoms with Gasteiger partial charge in [-0.25, -0.2) is 11.0 Å². The zero-order valence-electron chi connectivity index (χ0n) is 26.3. The molecule has 46 heavy (non-hydrogen) atoms. The van der Waals surface area contributed by atoms with Gasteiger partial charge in [0.05, 0.1) is 23.9 Å². The number of rotatable bonds is 8. The van der Waals surface area contributed by atoms with Crippen LogP contribution in [-0.4, -0.2) is 103 Å². The van der Waals surface area contributed by atoms with Crippen LogP contribution in [0, 0.1) is 6.57 Å². The fourth-order valence-corrected chi connectivity index (χ4v) is 6.95. The Morgan fingerprint density at radius 1 is 1.15 bits per heavy atom. The summed E-state index contributed by atoms with van der Waals surface area (Å²) in [6.07, 6.45) is 0.564. The van der Waals surface area contributed by atoms with Crippen molar-refractivity contribution >= 4 is 39.8 Å². The fourth-order valence-electron chi connectivity index (χ4n) is 6.67. The molecule has 0 spiro atoms. The Morgan fingerprint density at radius 3 is 2.72 bits per heavy atom. The van der Waals surface area contributed by atoms with Crippen LogP contribution in [0.25, 0.3) is 15.6 Å². The van der Waals surface area contributed by atoms with Crippen LogP contribution in [0.5, 0.6) is 6.01 Å². The van der Waals surface area contributed by atoms with E-state index in [0.29, 0.717) is 50.3 Å². The lowest BCUT2D eigenvalue weighted by Gasteiger charge is -2.41. The largest absolute Gasteiger partial charge is 0.461 e. The van der Waals surface area contributed by atoms with E-state index in [-0.39, 0.29) is 25.2 Å². The molecule has 0 radical (unpaired) electrons. The summed E-state index contributed by atoms with van der Waals surface area (Å²) in [7, 11) is 0.